The molecular formula is C34H31ClN4O6. The van der Waals surface area contributed by atoms with Crippen LogP contribution in [0.3, 0.4) is 0 Å². The summed E-state index contributed by atoms with van der Waals surface area (Å²) in [4.78, 5) is 29.4. The van der Waals surface area contributed by atoms with Crippen molar-refractivity contribution < 1.29 is 19.1 Å². The number of benzene rings is 4. The fourth-order valence-electron chi connectivity index (χ4n) is 4.95. The molecule has 0 aliphatic carbocycles. The standard InChI is InChI=1S/C34H31ClN4O6/c1-20(2)27-17-28(21(3)14-30(27)43-4)33-37-29-9-7-6-8-26(29)34(40)38(33)36-18-23-15-24(35)16-31(44-5)32(23)45-19-22-10-12-25(13-11-22)39(41)42/h6-18,20H,19H2,1-5H3. The number of methoxy groups -OCH3 is 2. The lowest BCUT2D eigenvalue weighted by molar-refractivity contribution is -0.384. The number of halogens is 1. The van der Waals surface area contributed by atoms with Crippen molar-refractivity contribution >= 4 is 34.4 Å². The first kappa shape index (κ1) is 31.2. The lowest BCUT2D eigenvalue weighted by atomic mass is 9.96. The third-order valence-corrected chi connectivity index (χ3v) is 7.52. The van der Waals surface area contributed by atoms with Gasteiger partial charge in [0, 0.05) is 34.3 Å². The van der Waals surface area contributed by atoms with Gasteiger partial charge in [-0.2, -0.15) is 9.78 Å². The number of non-ortho nitro benzene ring substituents is 1. The highest BCUT2D eigenvalue weighted by Gasteiger charge is 2.19. The largest absolute Gasteiger partial charge is 0.496 e. The maximum atomic E-state index is 13.9. The van der Waals surface area contributed by atoms with Gasteiger partial charge in [-0.25, -0.2) is 4.98 Å². The Bertz CT molecular complexity index is 1990. The fraction of sp³-hybridized carbons (Fsp3) is 0.206. The van der Waals surface area contributed by atoms with Crippen molar-refractivity contribution in [1.82, 2.24) is 9.66 Å². The average molecular weight is 627 g/mol. The van der Waals surface area contributed by atoms with E-state index in [1.54, 1.807) is 49.6 Å². The first-order chi connectivity index (χ1) is 21.6. The molecule has 0 aliphatic heterocycles. The van der Waals surface area contributed by atoms with Gasteiger partial charge in [-0.3, -0.25) is 14.9 Å². The summed E-state index contributed by atoms with van der Waals surface area (Å²) in [6.07, 6.45) is 1.48. The zero-order chi connectivity index (χ0) is 32.2. The highest BCUT2D eigenvalue weighted by molar-refractivity contribution is 6.31. The van der Waals surface area contributed by atoms with Gasteiger partial charge < -0.3 is 14.2 Å². The van der Waals surface area contributed by atoms with Gasteiger partial charge in [0.05, 0.1) is 36.3 Å². The van der Waals surface area contributed by atoms with E-state index in [2.05, 4.69) is 18.9 Å². The molecule has 0 saturated carbocycles. The molecule has 0 aliphatic rings. The third kappa shape index (κ3) is 6.51. The predicted octanol–water partition coefficient (Wildman–Crippen LogP) is 7.54. The highest BCUT2D eigenvalue weighted by atomic mass is 35.5. The summed E-state index contributed by atoms with van der Waals surface area (Å²) in [5.74, 6) is 1.94. The maximum Gasteiger partial charge on any atom is 0.282 e. The van der Waals surface area contributed by atoms with Crippen molar-refractivity contribution in [2.24, 2.45) is 5.10 Å². The van der Waals surface area contributed by atoms with Crippen LogP contribution in [0.1, 0.15) is 42.0 Å². The monoisotopic (exact) mass is 626 g/mol. The molecule has 0 atom stereocenters. The smallest absolute Gasteiger partial charge is 0.282 e. The molecule has 5 rings (SSSR count). The fourth-order valence-corrected chi connectivity index (χ4v) is 5.17. The van der Waals surface area contributed by atoms with Gasteiger partial charge >= 0.3 is 0 Å². The first-order valence-corrected chi connectivity index (χ1v) is 14.5. The molecule has 0 radical (unpaired) electrons. The molecular weight excluding hydrogens is 596 g/mol. The molecule has 11 heteroatoms. The van der Waals surface area contributed by atoms with Gasteiger partial charge in [0.25, 0.3) is 11.2 Å². The number of ether oxygens (including phenoxy) is 3. The van der Waals surface area contributed by atoms with Crippen LogP contribution in [0.2, 0.25) is 5.02 Å². The van der Waals surface area contributed by atoms with Crippen molar-refractivity contribution in [1.29, 1.82) is 0 Å². The minimum Gasteiger partial charge on any atom is -0.496 e. The van der Waals surface area contributed by atoms with Gasteiger partial charge in [-0.05, 0) is 72.0 Å². The van der Waals surface area contributed by atoms with E-state index >= 15 is 0 Å². The maximum absolute atomic E-state index is 13.9. The molecule has 0 N–H and O–H groups in total. The molecule has 1 aromatic heterocycles. The van der Waals surface area contributed by atoms with Crippen LogP contribution in [0.4, 0.5) is 5.69 Å². The number of hydrogen-bond donors (Lipinski definition) is 0. The van der Waals surface area contributed by atoms with Crippen LogP contribution in [-0.4, -0.2) is 35.0 Å². The average Bonchev–Trinajstić information content (AvgIpc) is 3.03. The summed E-state index contributed by atoms with van der Waals surface area (Å²) in [6.45, 7) is 6.16. The summed E-state index contributed by atoms with van der Waals surface area (Å²) >= 11 is 6.43. The van der Waals surface area contributed by atoms with Crippen LogP contribution in [0.15, 0.2) is 82.7 Å². The Labute approximate surface area is 264 Å². The highest BCUT2D eigenvalue weighted by Crippen LogP contribution is 2.36. The van der Waals surface area contributed by atoms with Gasteiger partial charge in [0.15, 0.2) is 17.3 Å². The normalized spacial score (nSPS) is 11.4. The molecule has 4 aromatic carbocycles. The Kier molecular flexibility index (Phi) is 9.15. The minimum atomic E-state index is -0.462. The number of nitro benzene ring substituents is 1. The van der Waals surface area contributed by atoms with E-state index in [9.17, 15) is 14.9 Å². The van der Waals surface area contributed by atoms with Crippen LogP contribution in [-0.2, 0) is 6.61 Å². The van der Waals surface area contributed by atoms with E-state index in [1.807, 2.05) is 25.1 Å². The molecule has 230 valence electrons. The van der Waals surface area contributed by atoms with Gasteiger partial charge in [0.2, 0.25) is 0 Å². The van der Waals surface area contributed by atoms with E-state index in [-0.39, 0.29) is 23.8 Å². The number of rotatable bonds is 10. The van der Waals surface area contributed by atoms with Gasteiger partial charge in [0.1, 0.15) is 12.4 Å². The van der Waals surface area contributed by atoms with Crippen LogP contribution >= 0.6 is 11.6 Å². The van der Waals surface area contributed by atoms with Crippen LogP contribution in [0, 0.1) is 17.0 Å². The first-order valence-electron chi connectivity index (χ1n) is 14.1. The molecule has 0 spiro atoms. The zero-order valence-electron chi connectivity index (χ0n) is 25.4. The number of nitro groups is 1. The molecule has 0 bridgehead atoms. The molecule has 1 heterocycles. The molecule has 45 heavy (non-hydrogen) atoms. The molecule has 0 saturated heterocycles. The van der Waals surface area contributed by atoms with E-state index in [0.29, 0.717) is 44.4 Å². The second-order valence-corrected chi connectivity index (χ2v) is 11.1. The van der Waals surface area contributed by atoms with E-state index < -0.39 is 4.92 Å². The topological polar surface area (TPSA) is 118 Å². The number of para-hydroxylation sites is 1. The Hall–Kier alpha value is -5.22. The number of nitrogens with zero attached hydrogens (tertiary/aromatic N) is 4. The quantitative estimate of drug-likeness (QED) is 0.0893. The number of hydrogen-bond acceptors (Lipinski definition) is 8. The lowest BCUT2D eigenvalue weighted by Gasteiger charge is -2.17. The van der Waals surface area contributed by atoms with E-state index in [0.717, 1.165) is 22.4 Å². The molecule has 5 aromatic rings. The van der Waals surface area contributed by atoms with Crippen molar-refractivity contribution in [2.75, 3.05) is 14.2 Å². The lowest BCUT2D eigenvalue weighted by Crippen LogP contribution is -2.21. The predicted molar refractivity (Wildman–Crippen MR) is 175 cm³/mol. The van der Waals surface area contributed by atoms with Crippen LogP contribution < -0.4 is 19.8 Å². The zero-order valence-corrected chi connectivity index (χ0v) is 26.2. The Morgan fingerprint density at radius 1 is 1.02 bits per heavy atom. The van der Waals surface area contributed by atoms with E-state index in [4.69, 9.17) is 30.8 Å². The molecule has 0 fully saturated rings. The molecule has 0 amide bonds. The Balaban J connectivity index is 1.64. The SMILES string of the molecule is COc1cc(C)c(-c2nc3ccccc3c(=O)n2N=Cc2cc(Cl)cc(OC)c2OCc2ccc([N+](=O)[O-])cc2)cc1C(C)C. The Morgan fingerprint density at radius 2 is 1.73 bits per heavy atom. The summed E-state index contributed by atoms with van der Waals surface area (Å²) in [7, 11) is 3.12. The van der Waals surface area contributed by atoms with Crippen LogP contribution in [0.5, 0.6) is 17.2 Å². The Morgan fingerprint density at radius 3 is 2.40 bits per heavy atom. The van der Waals surface area contributed by atoms with Crippen LogP contribution in [0.25, 0.3) is 22.3 Å². The summed E-state index contributed by atoms with van der Waals surface area (Å²) < 4.78 is 18.6. The number of fused-ring (bicyclic) bond motifs is 1. The second kappa shape index (κ2) is 13.2. The molecule has 0 unspecified atom stereocenters. The van der Waals surface area contributed by atoms with Gasteiger partial charge in [-0.1, -0.05) is 37.6 Å². The van der Waals surface area contributed by atoms with Crippen molar-refractivity contribution in [3.63, 3.8) is 0 Å². The van der Waals surface area contributed by atoms with Crippen molar-refractivity contribution in [3.05, 3.63) is 121 Å². The summed E-state index contributed by atoms with van der Waals surface area (Å²) in [5, 5.41) is 16.5. The van der Waals surface area contributed by atoms with Gasteiger partial charge in [-0.15, -0.1) is 0 Å². The third-order valence-electron chi connectivity index (χ3n) is 7.30. The minimum absolute atomic E-state index is 0.0199. The number of aromatic nitrogens is 2. The summed E-state index contributed by atoms with van der Waals surface area (Å²) in [5.41, 5.74) is 3.88. The summed E-state index contributed by atoms with van der Waals surface area (Å²) in [6, 6.07) is 20.3. The second-order valence-electron chi connectivity index (χ2n) is 10.6. The van der Waals surface area contributed by atoms with Crippen molar-refractivity contribution in [2.45, 2.75) is 33.3 Å². The van der Waals surface area contributed by atoms with Crippen molar-refractivity contribution in [3.8, 4) is 28.6 Å². The molecule has 10 nitrogen and oxygen atoms in total. The van der Waals surface area contributed by atoms with E-state index in [1.165, 1.54) is 30.1 Å². The number of aryl methyl sites for hydroxylation is 1.